The topological polar surface area (TPSA) is 4.36 Å². The Balaban J connectivity index is 3.32. The van der Waals surface area contributed by atoms with E-state index in [2.05, 4.69) is 64.3 Å². The first-order valence-corrected chi connectivity index (χ1v) is 10.9. The van der Waals surface area contributed by atoms with Gasteiger partial charge in [0.05, 0.1) is 10.7 Å². The maximum atomic E-state index is 7.80. The van der Waals surface area contributed by atoms with Gasteiger partial charge in [0.2, 0.25) is 0 Å². The molecule has 1 rings (SSSR count). The lowest BCUT2D eigenvalue weighted by molar-refractivity contribution is 1.04. The summed E-state index contributed by atoms with van der Waals surface area (Å²) in [5, 5.41) is 1.38. The largest absolute Gasteiger partial charge is 0.303 e. The average molecular weight is 378 g/mol. The van der Waals surface area contributed by atoms with E-state index in [1.54, 1.807) is 23.5 Å². The molecule has 0 spiro atoms. The molecule has 0 amide bonds. The highest BCUT2D eigenvalue weighted by Gasteiger charge is 2.28. The third kappa shape index (κ3) is 7.59. The summed E-state index contributed by atoms with van der Waals surface area (Å²) in [7, 11) is 0. The highest BCUT2D eigenvalue weighted by Crippen LogP contribution is 2.45. The van der Waals surface area contributed by atoms with Gasteiger partial charge in [-0.25, -0.2) is 6.57 Å². The van der Waals surface area contributed by atoms with Crippen LogP contribution in [0.2, 0.25) is 0 Å². The van der Waals surface area contributed by atoms with Crippen LogP contribution in [0, 0.1) is 12.3 Å². The quantitative estimate of drug-likeness (QED) is 0.415. The average Bonchev–Trinajstić information content (AvgIpc) is 2.51. The van der Waals surface area contributed by atoms with Gasteiger partial charge in [-0.05, 0) is 0 Å². The SMILES string of the molecule is [C-]#[N+]C(/C(SC(C)C)=C(\[C]SC(C)C)SC(C)C)c1ccccc1. The summed E-state index contributed by atoms with van der Waals surface area (Å²) in [6.07, 6.45) is 0. The normalized spacial score (nSPS) is 14.0. The van der Waals surface area contributed by atoms with E-state index >= 15 is 0 Å². The van der Waals surface area contributed by atoms with Crippen molar-refractivity contribution in [1.82, 2.24) is 0 Å². The summed E-state index contributed by atoms with van der Waals surface area (Å²) >= 11 is 5.33. The molecule has 1 atom stereocenters. The van der Waals surface area contributed by atoms with Crippen molar-refractivity contribution >= 4 is 35.3 Å². The fourth-order valence-corrected chi connectivity index (χ4v) is 4.78. The summed E-state index contributed by atoms with van der Waals surface area (Å²) in [6, 6.07) is 9.88. The van der Waals surface area contributed by atoms with Gasteiger partial charge in [0.1, 0.15) is 0 Å². The minimum absolute atomic E-state index is 0.250. The minimum Gasteiger partial charge on any atom is -0.303 e. The van der Waals surface area contributed by atoms with E-state index in [0.29, 0.717) is 15.7 Å². The maximum Gasteiger partial charge on any atom is 0.280 e. The van der Waals surface area contributed by atoms with Crippen molar-refractivity contribution in [3.63, 3.8) is 0 Å². The number of hydrogen-bond acceptors (Lipinski definition) is 3. The van der Waals surface area contributed by atoms with Gasteiger partial charge in [0, 0.05) is 26.2 Å². The smallest absolute Gasteiger partial charge is 0.280 e. The molecule has 0 aliphatic rings. The molecule has 1 aromatic carbocycles. The second-order valence-electron chi connectivity index (χ2n) is 6.24. The first-order chi connectivity index (χ1) is 11.3. The third-order valence-corrected chi connectivity index (χ3v) is 6.05. The van der Waals surface area contributed by atoms with Crippen molar-refractivity contribution in [1.29, 1.82) is 0 Å². The first kappa shape index (κ1) is 21.5. The van der Waals surface area contributed by atoms with Crippen LogP contribution in [-0.4, -0.2) is 15.7 Å². The van der Waals surface area contributed by atoms with Gasteiger partial charge in [0.15, 0.2) is 0 Å². The van der Waals surface area contributed by atoms with Crippen molar-refractivity contribution in [3.8, 4) is 0 Å². The summed E-state index contributed by atoms with van der Waals surface area (Å²) in [5.41, 5.74) is 1.06. The van der Waals surface area contributed by atoms with Gasteiger partial charge in [-0.2, -0.15) is 0 Å². The lowest BCUT2D eigenvalue weighted by Crippen LogP contribution is -2.04. The van der Waals surface area contributed by atoms with Gasteiger partial charge >= 0.3 is 0 Å². The van der Waals surface area contributed by atoms with Crippen LogP contribution in [0.15, 0.2) is 40.1 Å². The zero-order valence-electron chi connectivity index (χ0n) is 15.4. The molecular formula is C20H27NS3. The summed E-state index contributed by atoms with van der Waals surface area (Å²) in [5.74, 6) is 3.54. The second kappa shape index (κ2) is 11.2. The van der Waals surface area contributed by atoms with E-state index in [-0.39, 0.29) is 6.04 Å². The molecule has 1 unspecified atom stereocenters. The van der Waals surface area contributed by atoms with Gasteiger partial charge < -0.3 is 4.85 Å². The first-order valence-electron chi connectivity index (χ1n) is 8.25. The Morgan fingerprint density at radius 1 is 0.917 bits per heavy atom. The molecule has 1 aromatic rings. The number of thioether (sulfide) groups is 3. The molecule has 0 bridgehead atoms. The van der Waals surface area contributed by atoms with Gasteiger partial charge in [-0.1, -0.05) is 71.9 Å². The number of nitrogens with zero attached hydrogens (tertiary/aromatic N) is 1. The van der Waals surface area contributed by atoms with E-state index in [1.807, 2.05) is 30.0 Å². The van der Waals surface area contributed by atoms with Crippen LogP contribution in [0.25, 0.3) is 4.85 Å². The van der Waals surface area contributed by atoms with E-state index in [4.69, 9.17) is 6.57 Å². The van der Waals surface area contributed by atoms with Crippen LogP contribution in [-0.2, 0) is 0 Å². The summed E-state index contributed by atoms with van der Waals surface area (Å²) in [6.45, 7) is 20.9. The van der Waals surface area contributed by atoms with E-state index in [1.165, 1.54) is 0 Å². The molecule has 2 radical (unpaired) electrons. The molecule has 4 heteroatoms. The minimum atomic E-state index is -0.250. The Labute approximate surface area is 161 Å². The molecular weight excluding hydrogens is 350 g/mol. The Hall–Kier alpha value is -0.500. The Kier molecular flexibility index (Phi) is 10.0. The standard InChI is InChI=1S/C20H27NS3/c1-14(2)22-13-18(23-15(3)4)20(24-16(5)6)19(21-7)17-11-9-8-10-12-17/h8-12,14-16,19H,1-6H3/b20-18-. The molecule has 0 fully saturated rings. The molecule has 0 aliphatic carbocycles. The number of rotatable bonds is 9. The molecule has 0 heterocycles. The van der Waals surface area contributed by atoms with Crippen LogP contribution < -0.4 is 0 Å². The lowest BCUT2D eigenvalue weighted by atomic mass is 10.1. The van der Waals surface area contributed by atoms with Crippen LogP contribution >= 0.6 is 35.3 Å². The van der Waals surface area contributed by atoms with Crippen LogP contribution in [0.4, 0.5) is 0 Å². The van der Waals surface area contributed by atoms with Crippen molar-refractivity contribution in [2.45, 2.75) is 63.3 Å². The van der Waals surface area contributed by atoms with Crippen LogP contribution in [0.1, 0.15) is 53.1 Å². The van der Waals surface area contributed by atoms with Crippen molar-refractivity contribution < 1.29 is 0 Å². The summed E-state index contributed by atoms with van der Waals surface area (Å²) < 4.78 is 0. The van der Waals surface area contributed by atoms with Gasteiger partial charge in [-0.3, -0.25) is 0 Å². The van der Waals surface area contributed by atoms with Crippen molar-refractivity contribution in [3.05, 3.63) is 62.9 Å². The van der Waals surface area contributed by atoms with Crippen LogP contribution in [0.5, 0.6) is 0 Å². The van der Waals surface area contributed by atoms with Gasteiger partial charge in [0.25, 0.3) is 6.04 Å². The maximum absolute atomic E-state index is 7.80. The Morgan fingerprint density at radius 2 is 1.50 bits per heavy atom. The molecule has 24 heavy (non-hydrogen) atoms. The molecule has 130 valence electrons. The predicted octanol–water partition coefficient (Wildman–Crippen LogP) is 7.32. The predicted molar refractivity (Wildman–Crippen MR) is 114 cm³/mol. The van der Waals surface area contributed by atoms with Crippen molar-refractivity contribution in [2.75, 3.05) is 0 Å². The lowest BCUT2D eigenvalue weighted by Gasteiger charge is -2.19. The van der Waals surface area contributed by atoms with Crippen LogP contribution in [0.3, 0.4) is 0 Å². The molecule has 0 aliphatic heterocycles. The molecule has 1 nitrogen and oxygen atoms in total. The number of benzene rings is 1. The van der Waals surface area contributed by atoms with E-state index < -0.39 is 0 Å². The zero-order chi connectivity index (χ0) is 18.1. The van der Waals surface area contributed by atoms with Gasteiger partial charge in [-0.15, -0.1) is 35.3 Å². The molecule has 0 aromatic heterocycles. The highest BCUT2D eigenvalue weighted by atomic mass is 32.2. The highest BCUT2D eigenvalue weighted by molar-refractivity contribution is 8.09. The Morgan fingerprint density at radius 3 is 1.96 bits per heavy atom. The zero-order valence-corrected chi connectivity index (χ0v) is 17.8. The fourth-order valence-electron chi connectivity index (χ4n) is 1.96. The third-order valence-electron chi connectivity index (χ3n) is 2.82. The Bertz CT molecular complexity index is 556. The molecule has 0 saturated heterocycles. The van der Waals surface area contributed by atoms with E-state index in [0.717, 1.165) is 15.4 Å². The molecule has 0 saturated carbocycles. The molecule has 0 N–H and O–H groups in total. The van der Waals surface area contributed by atoms with E-state index in [9.17, 15) is 0 Å². The monoisotopic (exact) mass is 377 g/mol. The van der Waals surface area contributed by atoms with Crippen molar-refractivity contribution in [2.24, 2.45) is 0 Å². The number of hydrogen-bond donors (Lipinski definition) is 0. The fraction of sp³-hybridized carbons (Fsp3) is 0.500. The summed E-state index contributed by atoms with van der Waals surface area (Å²) in [4.78, 5) is 6.24. The second-order valence-corrected chi connectivity index (χ2v) is 10.8.